The summed E-state index contributed by atoms with van der Waals surface area (Å²) in [6, 6.07) is 3.90. The molecule has 2 radical (unpaired) electrons. The summed E-state index contributed by atoms with van der Waals surface area (Å²) in [7, 11) is 5.41. The molecule has 2 aromatic rings. The Morgan fingerprint density at radius 1 is 1.29 bits per heavy atom. The predicted molar refractivity (Wildman–Crippen MR) is 68.4 cm³/mol. The van der Waals surface area contributed by atoms with Gasteiger partial charge in [0.25, 0.3) is 13.5 Å². The van der Waals surface area contributed by atoms with Crippen LogP contribution in [0.4, 0.5) is 0 Å². The zero-order valence-corrected chi connectivity index (χ0v) is 10.5. The second kappa shape index (κ2) is 3.69. The van der Waals surface area contributed by atoms with Gasteiger partial charge in [-0.2, -0.15) is 0 Å². The summed E-state index contributed by atoms with van der Waals surface area (Å²) in [5.74, 6) is 0. The Labute approximate surface area is 101 Å². The van der Waals surface area contributed by atoms with Gasteiger partial charge in [0.05, 0.1) is 5.39 Å². The number of aryl methyl sites for hydroxylation is 1. The lowest BCUT2D eigenvalue weighted by molar-refractivity contribution is 0.590. The number of benzene rings is 1. The van der Waals surface area contributed by atoms with Crippen molar-refractivity contribution >= 4 is 18.9 Å². The molecule has 4 nitrogen and oxygen atoms in total. The van der Waals surface area contributed by atoms with Crippen molar-refractivity contribution in [2.24, 2.45) is 0 Å². The number of hydrogen-bond acceptors (Lipinski definition) is 3. The van der Waals surface area contributed by atoms with E-state index in [2.05, 4.69) is 31.1 Å². The van der Waals surface area contributed by atoms with E-state index in [1.165, 1.54) is 0 Å². The van der Waals surface area contributed by atoms with Gasteiger partial charge in [-0.15, -0.1) is 5.10 Å². The first-order valence-electron chi connectivity index (χ1n) is 5.46. The molecule has 0 fully saturated rings. The Kier molecular flexibility index (Phi) is 2.56. The van der Waals surface area contributed by atoms with Crippen molar-refractivity contribution in [1.29, 1.82) is 0 Å². The number of hydrogen-bond donors (Lipinski definition) is 0. The maximum Gasteiger partial charge on any atom is 0.271 e. The van der Waals surface area contributed by atoms with Gasteiger partial charge in [-0.1, -0.05) is 32.1 Å². The van der Waals surface area contributed by atoms with E-state index in [0.717, 1.165) is 15.7 Å². The zero-order chi connectivity index (χ0) is 12.8. The second-order valence-corrected chi connectivity index (χ2v) is 5.28. The molecule has 86 valence electrons. The molecular weight excluding hydrogens is 213 g/mol. The van der Waals surface area contributed by atoms with E-state index in [4.69, 9.17) is 7.98 Å². The van der Waals surface area contributed by atoms with Gasteiger partial charge in [0.2, 0.25) is 0 Å². The summed E-state index contributed by atoms with van der Waals surface area (Å²) in [6.45, 7) is 8.24. The van der Waals surface area contributed by atoms with Crippen molar-refractivity contribution in [2.75, 3.05) is 0 Å². The van der Waals surface area contributed by atoms with Crippen molar-refractivity contribution in [2.45, 2.75) is 33.1 Å². The molecule has 0 N–H and O–H groups in total. The summed E-state index contributed by atoms with van der Waals surface area (Å²) in [4.78, 5) is 11.8. The van der Waals surface area contributed by atoms with Crippen LogP contribution in [0.15, 0.2) is 16.9 Å². The highest BCUT2D eigenvalue weighted by molar-refractivity contribution is 6.06. The maximum absolute atomic E-state index is 11.8. The van der Waals surface area contributed by atoms with Crippen molar-refractivity contribution in [3.05, 3.63) is 33.6 Å². The topological polar surface area (TPSA) is 47.8 Å². The SMILES string of the molecule is [B]n1nnc2cc(C(C)(C)C)cc(C)c2c1=O. The van der Waals surface area contributed by atoms with Gasteiger partial charge in [-0.25, -0.2) is 0 Å². The summed E-state index contributed by atoms with van der Waals surface area (Å²) < 4.78 is 0.770. The average molecular weight is 227 g/mol. The molecule has 0 bridgehead atoms. The molecule has 0 aliphatic carbocycles. The van der Waals surface area contributed by atoms with E-state index in [1.807, 2.05) is 19.1 Å². The molecule has 17 heavy (non-hydrogen) atoms. The van der Waals surface area contributed by atoms with E-state index in [0.29, 0.717) is 10.9 Å². The fourth-order valence-electron chi connectivity index (χ4n) is 1.81. The van der Waals surface area contributed by atoms with Gasteiger partial charge in [-0.05, 0) is 29.5 Å². The van der Waals surface area contributed by atoms with Crippen LogP contribution in [0.25, 0.3) is 10.9 Å². The third kappa shape index (κ3) is 1.97. The van der Waals surface area contributed by atoms with Gasteiger partial charge >= 0.3 is 0 Å². The van der Waals surface area contributed by atoms with E-state index < -0.39 is 0 Å². The highest BCUT2D eigenvalue weighted by Crippen LogP contribution is 2.26. The zero-order valence-electron chi connectivity index (χ0n) is 10.5. The predicted octanol–water partition coefficient (Wildman–Crippen LogP) is 1.33. The van der Waals surface area contributed by atoms with Gasteiger partial charge in [0.15, 0.2) is 0 Å². The van der Waals surface area contributed by atoms with E-state index in [9.17, 15) is 4.79 Å². The minimum absolute atomic E-state index is 0.0121. The van der Waals surface area contributed by atoms with Crippen LogP contribution in [-0.4, -0.2) is 22.9 Å². The monoisotopic (exact) mass is 227 g/mol. The van der Waals surface area contributed by atoms with Crippen molar-refractivity contribution in [3.8, 4) is 0 Å². The Morgan fingerprint density at radius 2 is 1.94 bits per heavy atom. The number of aromatic nitrogens is 3. The Morgan fingerprint density at radius 3 is 2.53 bits per heavy atom. The molecule has 0 unspecified atom stereocenters. The maximum atomic E-state index is 11.8. The molecule has 1 aromatic heterocycles. The summed E-state index contributed by atoms with van der Waals surface area (Å²) in [5.41, 5.74) is 2.31. The highest BCUT2D eigenvalue weighted by atomic mass is 16.1. The molecule has 0 aliphatic rings. The first-order valence-corrected chi connectivity index (χ1v) is 5.46. The van der Waals surface area contributed by atoms with Crippen LogP contribution >= 0.6 is 0 Å². The second-order valence-electron chi connectivity index (χ2n) is 5.28. The fraction of sp³-hybridized carbons (Fsp3) is 0.417. The first kappa shape index (κ1) is 11.8. The molecule has 0 aliphatic heterocycles. The van der Waals surface area contributed by atoms with Crippen LogP contribution in [0.3, 0.4) is 0 Å². The molecule has 2 rings (SSSR count). The van der Waals surface area contributed by atoms with Crippen LogP contribution < -0.4 is 5.56 Å². The van der Waals surface area contributed by atoms with Crippen LogP contribution in [0, 0.1) is 6.92 Å². The molecular formula is C12H14BN3O. The molecule has 5 heteroatoms. The van der Waals surface area contributed by atoms with Crippen molar-refractivity contribution in [3.63, 3.8) is 0 Å². The van der Waals surface area contributed by atoms with Crippen LogP contribution in [0.5, 0.6) is 0 Å². The van der Waals surface area contributed by atoms with Crippen LogP contribution in [0.1, 0.15) is 31.9 Å². The van der Waals surface area contributed by atoms with Gasteiger partial charge in [0, 0.05) is 0 Å². The number of fused-ring (bicyclic) bond motifs is 1. The molecule has 1 aromatic carbocycles. The number of nitrogens with zero attached hydrogens (tertiary/aromatic N) is 3. The minimum atomic E-state index is -0.312. The average Bonchev–Trinajstić information content (AvgIpc) is 2.21. The van der Waals surface area contributed by atoms with Gasteiger partial charge in [0.1, 0.15) is 5.52 Å². The van der Waals surface area contributed by atoms with Crippen LogP contribution in [-0.2, 0) is 5.41 Å². The summed E-state index contributed by atoms with van der Waals surface area (Å²) in [6.07, 6.45) is 0. The number of rotatable bonds is 0. The summed E-state index contributed by atoms with van der Waals surface area (Å²) >= 11 is 0. The van der Waals surface area contributed by atoms with E-state index >= 15 is 0 Å². The molecule has 0 saturated heterocycles. The molecule has 0 spiro atoms. The fourth-order valence-corrected chi connectivity index (χ4v) is 1.81. The molecule has 1 heterocycles. The van der Waals surface area contributed by atoms with E-state index in [1.54, 1.807) is 0 Å². The standard InChI is InChI=1S/C12H14BN3O/c1-7-5-8(12(2,3)4)6-9-10(7)11(17)16(13)15-14-9/h5-6H,1-4H3. The molecule has 0 saturated carbocycles. The molecule has 0 atom stereocenters. The van der Waals surface area contributed by atoms with Gasteiger partial charge in [-0.3, -0.25) is 9.39 Å². The summed E-state index contributed by atoms with van der Waals surface area (Å²) in [5, 5.41) is 8.11. The van der Waals surface area contributed by atoms with Gasteiger partial charge < -0.3 is 0 Å². The largest absolute Gasteiger partial charge is 0.273 e. The lowest BCUT2D eigenvalue weighted by atomic mass is 9.85. The van der Waals surface area contributed by atoms with Crippen LogP contribution in [0.2, 0.25) is 0 Å². The molecule has 0 amide bonds. The highest BCUT2D eigenvalue weighted by Gasteiger charge is 2.17. The minimum Gasteiger partial charge on any atom is -0.273 e. The normalized spacial score (nSPS) is 12.0. The quantitative estimate of drug-likeness (QED) is 0.638. The Bertz CT molecular complexity index is 640. The third-order valence-electron chi connectivity index (χ3n) is 2.85. The Hall–Kier alpha value is -1.65. The first-order chi connectivity index (χ1) is 7.80. The lowest BCUT2D eigenvalue weighted by Gasteiger charge is -2.20. The van der Waals surface area contributed by atoms with E-state index in [-0.39, 0.29) is 11.0 Å². The third-order valence-corrected chi connectivity index (χ3v) is 2.85. The van der Waals surface area contributed by atoms with Crippen molar-refractivity contribution in [1.82, 2.24) is 14.9 Å². The smallest absolute Gasteiger partial charge is 0.271 e. The Balaban J connectivity index is 2.87. The van der Waals surface area contributed by atoms with Crippen molar-refractivity contribution < 1.29 is 0 Å². The lowest BCUT2D eigenvalue weighted by Crippen LogP contribution is -2.24.